The molecule has 1 aromatic carbocycles. The van der Waals surface area contributed by atoms with Crippen LogP contribution in [0.5, 0.6) is 0 Å². The van der Waals surface area contributed by atoms with Crippen LogP contribution in [0.1, 0.15) is 57.2 Å². The van der Waals surface area contributed by atoms with Gasteiger partial charge in [0.15, 0.2) is 0 Å². The molecule has 0 aliphatic rings. The monoisotopic (exact) mass is 401 g/mol. The summed E-state index contributed by atoms with van der Waals surface area (Å²) in [5.74, 6) is 5.25. The van der Waals surface area contributed by atoms with Crippen LogP contribution in [-0.4, -0.2) is 27.9 Å². The van der Waals surface area contributed by atoms with E-state index in [-0.39, 0.29) is 12.0 Å². The first-order valence-corrected chi connectivity index (χ1v) is 9.59. The van der Waals surface area contributed by atoms with Crippen LogP contribution in [-0.2, 0) is 4.74 Å². The molecule has 0 aliphatic heterocycles. The number of pyridine rings is 1. The second-order valence-electron chi connectivity index (χ2n) is 7.08. The van der Waals surface area contributed by atoms with E-state index in [1.807, 2.05) is 30.3 Å². The molecule has 0 radical (unpaired) electrons. The fourth-order valence-electron chi connectivity index (χ4n) is 3.00. The highest BCUT2D eigenvalue weighted by Gasteiger charge is 2.23. The quantitative estimate of drug-likeness (QED) is 0.506. The van der Waals surface area contributed by atoms with Crippen LogP contribution in [0, 0.1) is 25.7 Å². The van der Waals surface area contributed by atoms with Crippen LogP contribution >= 0.6 is 0 Å². The van der Waals surface area contributed by atoms with Crippen molar-refractivity contribution in [2.24, 2.45) is 0 Å². The molecule has 30 heavy (non-hydrogen) atoms. The second-order valence-corrected chi connectivity index (χ2v) is 7.08. The minimum Gasteiger partial charge on any atom is -0.459 e. The number of nitrogens with one attached hydrogen (secondary N) is 2. The Morgan fingerprint density at radius 3 is 2.60 bits per heavy atom. The Labute approximate surface area is 175 Å². The van der Waals surface area contributed by atoms with Gasteiger partial charge in [-0.3, -0.25) is 4.79 Å². The van der Waals surface area contributed by atoms with Crippen LogP contribution in [0.25, 0.3) is 0 Å². The highest BCUT2D eigenvalue weighted by atomic mass is 16.5. The second kappa shape index (κ2) is 9.10. The zero-order valence-corrected chi connectivity index (χ0v) is 17.4. The number of ether oxygens (including phenoxy) is 1. The van der Waals surface area contributed by atoms with Crippen molar-refractivity contribution in [1.29, 1.82) is 0 Å². The van der Waals surface area contributed by atoms with Gasteiger partial charge in [0.1, 0.15) is 11.4 Å². The van der Waals surface area contributed by atoms with Crippen molar-refractivity contribution in [2.75, 3.05) is 5.32 Å². The van der Waals surface area contributed by atoms with E-state index in [0.717, 1.165) is 5.56 Å². The van der Waals surface area contributed by atoms with Gasteiger partial charge in [0.2, 0.25) is 0 Å². The smallest absolute Gasteiger partial charge is 0.340 e. The fraction of sp³-hybridized carbons (Fsp3) is 0.208. The number of H-pyrrole nitrogens is 1. The number of hydrogen-bond acceptors (Lipinski definition) is 4. The lowest BCUT2D eigenvalue weighted by molar-refractivity contribution is 0.0376. The first kappa shape index (κ1) is 20.9. The van der Waals surface area contributed by atoms with E-state index in [9.17, 15) is 9.59 Å². The molecule has 1 amide bonds. The summed E-state index contributed by atoms with van der Waals surface area (Å²) in [7, 11) is 0. The van der Waals surface area contributed by atoms with Crippen LogP contribution in [0.4, 0.5) is 5.69 Å². The van der Waals surface area contributed by atoms with E-state index >= 15 is 0 Å². The van der Waals surface area contributed by atoms with Crippen LogP contribution < -0.4 is 5.32 Å². The highest BCUT2D eigenvalue weighted by molar-refractivity contribution is 6.06. The summed E-state index contributed by atoms with van der Waals surface area (Å²) in [6.07, 6.45) is 1.45. The molecule has 0 saturated carbocycles. The van der Waals surface area contributed by atoms with Crippen molar-refractivity contribution in [3.05, 3.63) is 82.4 Å². The summed E-state index contributed by atoms with van der Waals surface area (Å²) in [6, 6.07) is 12.8. The minimum absolute atomic E-state index is 0.238. The lowest BCUT2D eigenvalue weighted by Gasteiger charge is -2.08. The number of hydrogen-bond donors (Lipinski definition) is 2. The molecule has 0 fully saturated rings. The predicted molar refractivity (Wildman–Crippen MR) is 115 cm³/mol. The summed E-state index contributed by atoms with van der Waals surface area (Å²) in [4.78, 5) is 32.3. The number of carbonyl (C=O) groups is 2. The number of carbonyl (C=O) groups excluding carboxylic acids is 2. The van der Waals surface area contributed by atoms with Gasteiger partial charge in [0.05, 0.1) is 11.7 Å². The number of aromatic amines is 1. The molecule has 3 rings (SSSR count). The van der Waals surface area contributed by atoms with Gasteiger partial charge in [-0.05, 0) is 69.5 Å². The van der Waals surface area contributed by atoms with E-state index in [1.54, 1.807) is 46.0 Å². The zero-order chi connectivity index (χ0) is 21.7. The number of esters is 1. The summed E-state index contributed by atoms with van der Waals surface area (Å²) in [5, 5.41) is 2.85. The van der Waals surface area contributed by atoms with Gasteiger partial charge in [0, 0.05) is 23.1 Å². The van der Waals surface area contributed by atoms with E-state index in [4.69, 9.17) is 4.74 Å². The number of nitrogens with zero attached hydrogens (tertiary/aromatic N) is 1. The van der Waals surface area contributed by atoms with Gasteiger partial charge < -0.3 is 15.0 Å². The van der Waals surface area contributed by atoms with Crippen molar-refractivity contribution in [3.8, 4) is 11.8 Å². The average molecular weight is 401 g/mol. The molecule has 6 heteroatoms. The van der Waals surface area contributed by atoms with Gasteiger partial charge in [-0.2, -0.15) is 0 Å². The molecule has 0 spiro atoms. The zero-order valence-electron chi connectivity index (χ0n) is 17.4. The molecule has 6 nitrogen and oxygen atoms in total. The molecule has 2 N–H and O–H groups in total. The standard InChI is InChI=1S/C24H23N3O3/c1-15(2)30-24(29)21-16(3)22(26-17(21)4)23(28)27-20-10-7-8-18(14-20)11-12-19-9-5-6-13-25-19/h5-10,13-15,26H,1-4H3,(H,27,28). The summed E-state index contributed by atoms with van der Waals surface area (Å²) < 4.78 is 5.28. The van der Waals surface area contributed by atoms with Gasteiger partial charge in [0.25, 0.3) is 5.91 Å². The Balaban J connectivity index is 1.79. The number of amides is 1. The van der Waals surface area contributed by atoms with Crippen molar-refractivity contribution < 1.29 is 14.3 Å². The Hall–Kier alpha value is -3.85. The first-order chi connectivity index (χ1) is 14.3. The highest BCUT2D eigenvalue weighted by Crippen LogP contribution is 2.21. The Morgan fingerprint density at radius 1 is 1.10 bits per heavy atom. The largest absolute Gasteiger partial charge is 0.459 e. The molecular formula is C24H23N3O3. The lowest BCUT2D eigenvalue weighted by atomic mass is 10.1. The van der Waals surface area contributed by atoms with E-state index in [2.05, 4.69) is 27.1 Å². The SMILES string of the molecule is Cc1[nH]c(C(=O)Nc2cccc(C#Cc3ccccn3)c2)c(C)c1C(=O)OC(C)C. The number of anilines is 1. The Kier molecular flexibility index (Phi) is 6.33. The molecule has 0 unspecified atom stereocenters. The maximum Gasteiger partial charge on any atom is 0.340 e. The number of aromatic nitrogens is 2. The predicted octanol–water partition coefficient (Wildman–Crippen LogP) is 4.24. The van der Waals surface area contributed by atoms with Crippen molar-refractivity contribution in [2.45, 2.75) is 33.8 Å². The summed E-state index contributed by atoms with van der Waals surface area (Å²) in [6.45, 7) is 7.04. The van der Waals surface area contributed by atoms with Gasteiger partial charge in [-0.25, -0.2) is 9.78 Å². The summed E-state index contributed by atoms with van der Waals surface area (Å²) in [5.41, 5.74) is 3.90. The van der Waals surface area contributed by atoms with Crippen LogP contribution in [0.3, 0.4) is 0 Å². The normalized spacial score (nSPS) is 10.3. The average Bonchev–Trinajstić information content (AvgIpc) is 3.01. The van der Waals surface area contributed by atoms with E-state index in [1.165, 1.54) is 0 Å². The molecule has 3 aromatic rings. The molecule has 0 saturated heterocycles. The third-order valence-electron chi connectivity index (χ3n) is 4.33. The van der Waals surface area contributed by atoms with Gasteiger partial charge in [-0.15, -0.1) is 0 Å². The fourth-order valence-corrected chi connectivity index (χ4v) is 3.00. The van der Waals surface area contributed by atoms with E-state index < -0.39 is 5.97 Å². The maximum atomic E-state index is 12.8. The molecule has 2 heterocycles. The molecule has 0 atom stereocenters. The van der Waals surface area contributed by atoms with E-state index in [0.29, 0.717) is 33.9 Å². The van der Waals surface area contributed by atoms with Crippen molar-refractivity contribution in [3.63, 3.8) is 0 Å². The van der Waals surface area contributed by atoms with Crippen LogP contribution in [0.2, 0.25) is 0 Å². The third kappa shape index (κ3) is 4.95. The Morgan fingerprint density at radius 2 is 1.90 bits per heavy atom. The van der Waals surface area contributed by atoms with Gasteiger partial charge >= 0.3 is 5.97 Å². The number of rotatable bonds is 4. The van der Waals surface area contributed by atoms with Crippen molar-refractivity contribution >= 4 is 17.6 Å². The number of benzene rings is 1. The summed E-state index contributed by atoms with van der Waals surface area (Å²) >= 11 is 0. The number of aryl methyl sites for hydroxylation is 1. The molecular weight excluding hydrogens is 378 g/mol. The van der Waals surface area contributed by atoms with Gasteiger partial charge in [-0.1, -0.05) is 18.1 Å². The minimum atomic E-state index is -0.443. The van der Waals surface area contributed by atoms with Crippen molar-refractivity contribution in [1.82, 2.24) is 9.97 Å². The molecule has 2 aromatic heterocycles. The third-order valence-corrected chi connectivity index (χ3v) is 4.33. The topological polar surface area (TPSA) is 84.1 Å². The molecule has 0 bridgehead atoms. The molecule has 152 valence electrons. The first-order valence-electron chi connectivity index (χ1n) is 9.59. The molecule has 0 aliphatic carbocycles. The lowest BCUT2D eigenvalue weighted by Crippen LogP contribution is -2.15. The maximum absolute atomic E-state index is 12.8. The van der Waals surface area contributed by atoms with Crippen LogP contribution in [0.15, 0.2) is 48.7 Å². The Bertz CT molecular complexity index is 1140.